The zero-order valence-electron chi connectivity index (χ0n) is 16.3. The molecule has 2 N–H and O–H groups in total. The highest BCUT2D eigenvalue weighted by Crippen LogP contribution is 2.41. The van der Waals surface area contributed by atoms with E-state index in [4.69, 9.17) is 4.52 Å². The molecule has 6 rings (SSSR count). The molecule has 1 amide bonds. The SMILES string of the molecule is O=C(N[C@H]1C[C@H]2CC[C@@H](C1)N2S(=O)(=O)N1CC2CC1CN2)c1cc(C2CC2)on1. The van der Waals surface area contributed by atoms with Gasteiger partial charge in [0.15, 0.2) is 5.69 Å². The van der Waals surface area contributed by atoms with E-state index in [1.54, 1.807) is 14.7 Å². The number of nitrogens with one attached hydrogen (secondary N) is 2. The summed E-state index contributed by atoms with van der Waals surface area (Å²) < 4.78 is 35.5. The fourth-order valence-electron chi connectivity index (χ4n) is 5.77. The van der Waals surface area contributed by atoms with Crippen molar-refractivity contribution in [2.75, 3.05) is 13.1 Å². The minimum Gasteiger partial charge on any atom is -0.360 e. The number of piperazine rings is 1. The van der Waals surface area contributed by atoms with Crippen molar-refractivity contribution in [1.29, 1.82) is 0 Å². The third kappa shape index (κ3) is 3.03. The normalized spacial score (nSPS) is 37.3. The van der Waals surface area contributed by atoms with Gasteiger partial charge in [-0.2, -0.15) is 17.0 Å². The Hall–Kier alpha value is -1.49. The van der Waals surface area contributed by atoms with Crippen LogP contribution in [-0.4, -0.2) is 71.4 Å². The molecule has 5 aliphatic rings. The molecule has 5 heterocycles. The molecule has 10 heteroatoms. The van der Waals surface area contributed by atoms with Crippen molar-refractivity contribution in [2.24, 2.45) is 0 Å². The largest absolute Gasteiger partial charge is 0.360 e. The predicted octanol–water partition coefficient (Wildman–Crippen LogP) is 0.568. The number of fused-ring (bicyclic) bond motifs is 4. The van der Waals surface area contributed by atoms with Crippen molar-refractivity contribution >= 4 is 16.1 Å². The Kier molecular flexibility index (Phi) is 4.10. The van der Waals surface area contributed by atoms with Crippen LogP contribution in [0.25, 0.3) is 0 Å². The Morgan fingerprint density at radius 2 is 1.90 bits per heavy atom. The van der Waals surface area contributed by atoms with E-state index in [0.29, 0.717) is 37.0 Å². The van der Waals surface area contributed by atoms with Crippen molar-refractivity contribution in [3.63, 3.8) is 0 Å². The lowest BCUT2D eigenvalue weighted by atomic mass is 9.99. The summed E-state index contributed by atoms with van der Waals surface area (Å²) in [6.07, 6.45) is 6.17. The van der Waals surface area contributed by atoms with Crippen LogP contribution in [0.3, 0.4) is 0 Å². The highest BCUT2D eigenvalue weighted by atomic mass is 32.2. The van der Waals surface area contributed by atoms with Gasteiger partial charge in [0, 0.05) is 55.3 Å². The van der Waals surface area contributed by atoms with E-state index in [-0.39, 0.29) is 30.1 Å². The summed E-state index contributed by atoms with van der Waals surface area (Å²) in [5.74, 6) is 0.999. The highest BCUT2D eigenvalue weighted by molar-refractivity contribution is 7.86. The Bertz CT molecular complexity index is 915. The van der Waals surface area contributed by atoms with Crippen LogP contribution in [0, 0.1) is 0 Å². The molecule has 1 aromatic heterocycles. The Morgan fingerprint density at radius 3 is 2.52 bits per heavy atom. The summed E-state index contributed by atoms with van der Waals surface area (Å²) in [6, 6.07) is 2.05. The first-order chi connectivity index (χ1) is 14.0. The molecule has 9 nitrogen and oxygen atoms in total. The van der Waals surface area contributed by atoms with Gasteiger partial charge in [-0.05, 0) is 44.9 Å². The van der Waals surface area contributed by atoms with Gasteiger partial charge in [0.25, 0.3) is 16.1 Å². The molecule has 0 spiro atoms. The van der Waals surface area contributed by atoms with Crippen LogP contribution in [0.15, 0.2) is 10.6 Å². The molecule has 0 radical (unpaired) electrons. The highest BCUT2D eigenvalue weighted by Gasteiger charge is 2.53. The number of amides is 1. The minimum atomic E-state index is -3.45. The number of carbonyl (C=O) groups is 1. The number of hydrogen-bond donors (Lipinski definition) is 2. The van der Waals surface area contributed by atoms with Crippen LogP contribution in [0.2, 0.25) is 0 Å². The first-order valence-electron chi connectivity index (χ1n) is 10.8. The Morgan fingerprint density at radius 1 is 1.14 bits per heavy atom. The maximum Gasteiger partial charge on any atom is 0.282 e. The summed E-state index contributed by atoms with van der Waals surface area (Å²) in [7, 11) is -3.45. The molecule has 2 unspecified atom stereocenters. The van der Waals surface area contributed by atoms with Crippen molar-refractivity contribution in [3.05, 3.63) is 17.5 Å². The fourth-order valence-corrected chi connectivity index (χ4v) is 8.06. The van der Waals surface area contributed by atoms with Crippen LogP contribution in [0.5, 0.6) is 0 Å². The maximum absolute atomic E-state index is 13.4. The van der Waals surface area contributed by atoms with E-state index in [0.717, 1.165) is 44.4 Å². The summed E-state index contributed by atoms with van der Waals surface area (Å²) in [5.41, 5.74) is 0.329. The van der Waals surface area contributed by atoms with Crippen LogP contribution in [-0.2, 0) is 10.2 Å². The maximum atomic E-state index is 13.4. The molecule has 4 saturated heterocycles. The van der Waals surface area contributed by atoms with Gasteiger partial charge in [0.1, 0.15) is 5.76 Å². The molecule has 1 saturated carbocycles. The van der Waals surface area contributed by atoms with Crippen molar-refractivity contribution in [3.8, 4) is 0 Å². The van der Waals surface area contributed by atoms with Gasteiger partial charge >= 0.3 is 0 Å². The minimum absolute atomic E-state index is 0.0239. The zero-order valence-corrected chi connectivity index (χ0v) is 17.1. The second-order valence-corrected chi connectivity index (χ2v) is 11.1. The van der Waals surface area contributed by atoms with Gasteiger partial charge in [-0.3, -0.25) is 4.79 Å². The van der Waals surface area contributed by atoms with Gasteiger partial charge in [-0.1, -0.05) is 5.16 Å². The molecule has 4 aliphatic heterocycles. The molecular weight excluding hydrogens is 394 g/mol. The monoisotopic (exact) mass is 421 g/mol. The van der Waals surface area contributed by atoms with Gasteiger partial charge in [-0.15, -0.1) is 0 Å². The van der Waals surface area contributed by atoms with E-state index in [1.165, 1.54) is 0 Å². The first kappa shape index (κ1) is 18.3. The number of carbonyl (C=O) groups excluding carboxylic acids is 1. The van der Waals surface area contributed by atoms with Gasteiger partial charge in [0.05, 0.1) is 0 Å². The summed E-state index contributed by atoms with van der Waals surface area (Å²) in [5, 5.41) is 10.4. The van der Waals surface area contributed by atoms with Crippen LogP contribution < -0.4 is 10.6 Å². The van der Waals surface area contributed by atoms with Crippen LogP contribution in [0.4, 0.5) is 0 Å². The van der Waals surface area contributed by atoms with E-state index < -0.39 is 10.2 Å². The standard InChI is InChI=1S/C19H27N5O4S/c25-19(17-8-18(28-22-17)11-1-2-11)21-12-5-14-3-4-15(6-12)24(14)29(26,27)23-10-13-7-16(23)9-20-13/h8,11-16,20H,1-7,9-10H2,(H,21,25)/t12-,13?,14+,15-,16?. The molecule has 5 fully saturated rings. The molecule has 5 atom stereocenters. The van der Waals surface area contributed by atoms with E-state index in [9.17, 15) is 13.2 Å². The van der Waals surface area contributed by atoms with Gasteiger partial charge in [0.2, 0.25) is 0 Å². The Labute approximate surface area is 170 Å². The average Bonchev–Trinajstić information content (AvgIpc) is 3.07. The smallest absolute Gasteiger partial charge is 0.282 e. The Balaban J connectivity index is 1.13. The van der Waals surface area contributed by atoms with Crippen LogP contribution >= 0.6 is 0 Å². The molecule has 158 valence electrons. The molecule has 1 aromatic rings. The zero-order chi connectivity index (χ0) is 19.8. The average molecular weight is 422 g/mol. The lowest BCUT2D eigenvalue weighted by Crippen LogP contribution is -2.58. The van der Waals surface area contributed by atoms with Gasteiger partial charge in [-0.25, -0.2) is 0 Å². The number of rotatable bonds is 5. The quantitative estimate of drug-likeness (QED) is 0.720. The lowest BCUT2D eigenvalue weighted by molar-refractivity contribution is 0.0897. The topological polar surface area (TPSA) is 108 Å². The third-order valence-electron chi connectivity index (χ3n) is 7.31. The van der Waals surface area contributed by atoms with Crippen molar-refractivity contribution in [1.82, 2.24) is 24.4 Å². The van der Waals surface area contributed by atoms with Crippen molar-refractivity contribution < 1.29 is 17.7 Å². The first-order valence-corrected chi connectivity index (χ1v) is 12.2. The van der Waals surface area contributed by atoms with Crippen LogP contribution in [0.1, 0.15) is 67.1 Å². The number of piperidine rings is 1. The molecule has 1 aliphatic carbocycles. The molecular formula is C19H27N5O4S. The van der Waals surface area contributed by atoms with Crippen molar-refractivity contribution in [2.45, 2.75) is 81.1 Å². The molecule has 29 heavy (non-hydrogen) atoms. The molecule has 4 bridgehead atoms. The fraction of sp³-hybridized carbons (Fsp3) is 0.789. The second kappa shape index (κ2) is 6.50. The molecule has 0 aromatic carbocycles. The third-order valence-corrected chi connectivity index (χ3v) is 9.48. The van der Waals surface area contributed by atoms with Gasteiger partial charge < -0.3 is 15.2 Å². The predicted molar refractivity (Wildman–Crippen MR) is 103 cm³/mol. The number of hydrogen-bond acceptors (Lipinski definition) is 6. The summed E-state index contributed by atoms with van der Waals surface area (Å²) in [4.78, 5) is 12.6. The summed E-state index contributed by atoms with van der Waals surface area (Å²) in [6.45, 7) is 1.34. The number of nitrogens with zero attached hydrogens (tertiary/aromatic N) is 3. The number of aromatic nitrogens is 1. The van der Waals surface area contributed by atoms with E-state index in [1.807, 2.05) is 0 Å². The van der Waals surface area contributed by atoms with E-state index in [2.05, 4.69) is 15.8 Å². The summed E-state index contributed by atoms with van der Waals surface area (Å²) >= 11 is 0. The lowest BCUT2D eigenvalue weighted by Gasteiger charge is -2.41. The van der Waals surface area contributed by atoms with E-state index >= 15 is 0 Å². The second-order valence-electron chi connectivity index (χ2n) is 9.32.